The second-order valence-electron chi connectivity index (χ2n) is 7.01. The van der Waals surface area contributed by atoms with Crippen LogP contribution < -0.4 is 10.1 Å². The van der Waals surface area contributed by atoms with E-state index < -0.39 is 29.2 Å². The summed E-state index contributed by atoms with van der Waals surface area (Å²) in [6.45, 7) is 1.51. The van der Waals surface area contributed by atoms with Crippen LogP contribution in [-0.4, -0.2) is 25.1 Å². The van der Waals surface area contributed by atoms with Crippen molar-refractivity contribution in [2.45, 2.75) is 44.1 Å². The summed E-state index contributed by atoms with van der Waals surface area (Å²) < 4.78 is 25.1. The van der Waals surface area contributed by atoms with E-state index in [0.717, 1.165) is 12.8 Å². The van der Waals surface area contributed by atoms with Gasteiger partial charge in [0.25, 0.3) is 5.91 Å². The molecule has 6 heteroatoms. The number of carbonyl (C=O) groups is 2. The van der Waals surface area contributed by atoms with Crippen LogP contribution in [0.15, 0.2) is 48.5 Å². The molecule has 148 valence electrons. The maximum absolute atomic E-state index is 14.4. The normalized spacial score (nSPS) is 16.2. The summed E-state index contributed by atoms with van der Waals surface area (Å²) in [4.78, 5) is 25.5. The number of para-hydroxylation sites is 2. The molecule has 1 atom stereocenters. The molecule has 0 spiro atoms. The number of hydrogen-bond donors (Lipinski definition) is 1. The summed E-state index contributed by atoms with van der Waals surface area (Å²) in [6, 6.07) is 13.2. The molecule has 1 N–H and O–H groups in total. The van der Waals surface area contributed by atoms with E-state index in [2.05, 4.69) is 5.32 Å². The monoisotopic (exact) mass is 385 g/mol. The van der Waals surface area contributed by atoms with E-state index in [4.69, 9.17) is 9.47 Å². The molecular formula is C22H24FNO4. The van der Waals surface area contributed by atoms with E-state index in [-0.39, 0.29) is 0 Å². The van der Waals surface area contributed by atoms with Gasteiger partial charge in [-0.15, -0.1) is 0 Å². The first-order valence-corrected chi connectivity index (χ1v) is 9.38. The topological polar surface area (TPSA) is 64.6 Å². The molecule has 0 aliphatic heterocycles. The third-order valence-electron chi connectivity index (χ3n) is 5.26. The summed E-state index contributed by atoms with van der Waals surface area (Å²) in [5, 5.41) is 2.71. The van der Waals surface area contributed by atoms with Crippen LogP contribution in [-0.2, 0) is 19.7 Å². The molecule has 0 unspecified atom stereocenters. The Kier molecular flexibility index (Phi) is 5.97. The first-order valence-electron chi connectivity index (χ1n) is 9.38. The molecule has 28 heavy (non-hydrogen) atoms. The van der Waals surface area contributed by atoms with Crippen LogP contribution >= 0.6 is 0 Å². The largest absolute Gasteiger partial charge is 0.495 e. The van der Waals surface area contributed by atoms with Crippen LogP contribution in [0.25, 0.3) is 0 Å². The van der Waals surface area contributed by atoms with Gasteiger partial charge in [-0.1, -0.05) is 43.2 Å². The van der Waals surface area contributed by atoms with Gasteiger partial charge in [0.2, 0.25) is 0 Å². The Hall–Kier alpha value is -2.89. The summed E-state index contributed by atoms with van der Waals surface area (Å²) in [6.07, 6.45) is 1.61. The average molecular weight is 385 g/mol. The van der Waals surface area contributed by atoms with Crippen molar-refractivity contribution in [2.24, 2.45) is 0 Å². The number of esters is 1. The lowest BCUT2D eigenvalue weighted by atomic mass is 9.78. The fourth-order valence-corrected chi connectivity index (χ4v) is 3.72. The number of methoxy groups -OCH3 is 1. The minimum absolute atomic E-state index is 0.342. The number of anilines is 1. The summed E-state index contributed by atoms with van der Waals surface area (Å²) >= 11 is 0. The quantitative estimate of drug-likeness (QED) is 0.757. The van der Waals surface area contributed by atoms with Gasteiger partial charge in [0, 0.05) is 5.56 Å². The molecule has 0 heterocycles. The minimum atomic E-state index is -1.04. The fraction of sp³-hybridized carbons (Fsp3) is 0.364. The smallest absolute Gasteiger partial charge is 0.317 e. The molecule has 5 nitrogen and oxygen atoms in total. The van der Waals surface area contributed by atoms with Crippen molar-refractivity contribution in [2.75, 3.05) is 12.4 Å². The number of nitrogens with one attached hydrogen (secondary N) is 1. The molecule has 3 rings (SSSR count). The predicted molar refractivity (Wildman–Crippen MR) is 104 cm³/mol. The fourth-order valence-electron chi connectivity index (χ4n) is 3.72. The Labute approximate surface area is 163 Å². The number of hydrogen-bond acceptors (Lipinski definition) is 4. The lowest BCUT2D eigenvalue weighted by Crippen LogP contribution is -2.40. The van der Waals surface area contributed by atoms with E-state index in [9.17, 15) is 14.0 Å². The first kappa shape index (κ1) is 19.9. The Balaban J connectivity index is 1.75. The van der Waals surface area contributed by atoms with Gasteiger partial charge in [0.05, 0.1) is 18.2 Å². The van der Waals surface area contributed by atoms with Crippen LogP contribution in [0, 0.1) is 5.82 Å². The van der Waals surface area contributed by atoms with E-state index in [1.165, 1.54) is 20.1 Å². The van der Waals surface area contributed by atoms with Crippen molar-refractivity contribution >= 4 is 17.6 Å². The van der Waals surface area contributed by atoms with Crippen LogP contribution in [0.4, 0.5) is 10.1 Å². The highest BCUT2D eigenvalue weighted by Crippen LogP contribution is 2.43. The SMILES string of the molecule is COc1ccccc1NC(=O)[C@H](C)OC(=O)C1(c2ccccc2F)CCCC1. The minimum Gasteiger partial charge on any atom is -0.495 e. The van der Waals surface area contributed by atoms with Gasteiger partial charge < -0.3 is 14.8 Å². The number of ether oxygens (including phenoxy) is 2. The highest BCUT2D eigenvalue weighted by Gasteiger charge is 2.46. The lowest BCUT2D eigenvalue weighted by Gasteiger charge is -2.29. The van der Waals surface area contributed by atoms with Gasteiger partial charge in [0.1, 0.15) is 11.6 Å². The third-order valence-corrected chi connectivity index (χ3v) is 5.26. The summed E-state index contributed by atoms with van der Waals surface area (Å²) in [5.41, 5.74) is -0.206. The Bertz CT molecular complexity index is 861. The van der Waals surface area contributed by atoms with Gasteiger partial charge >= 0.3 is 5.97 Å². The van der Waals surface area contributed by atoms with E-state index in [1.807, 2.05) is 0 Å². The molecule has 1 aliphatic carbocycles. The number of carbonyl (C=O) groups excluding carboxylic acids is 2. The number of halogens is 1. The standard InChI is InChI=1S/C22H24FNO4/c1-15(20(25)24-18-11-5-6-12-19(18)27-2)28-21(26)22(13-7-8-14-22)16-9-3-4-10-17(16)23/h3-6,9-12,15H,7-8,13-14H2,1-2H3,(H,24,25)/t15-/m0/s1. The zero-order chi connectivity index (χ0) is 20.1. The molecule has 1 fully saturated rings. The van der Waals surface area contributed by atoms with Crippen molar-refractivity contribution in [1.29, 1.82) is 0 Å². The summed E-state index contributed by atoms with van der Waals surface area (Å²) in [5.74, 6) is -0.946. The van der Waals surface area contributed by atoms with Crippen molar-refractivity contribution in [1.82, 2.24) is 0 Å². The molecule has 0 aromatic heterocycles. The van der Waals surface area contributed by atoms with Gasteiger partial charge in [-0.05, 0) is 38.0 Å². The van der Waals surface area contributed by atoms with Crippen LogP contribution in [0.3, 0.4) is 0 Å². The zero-order valence-electron chi connectivity index (χ0n) is 16.0. The maximum Gasteiger partial charge on any atom is 0.317 e. The molecule has 1 amide bonds. The van der Waals surface area contributed by atoms with Crippen LogP contribution in [0.1, 0.15) is 38.2 Å². The van der Waals surface area contributed by atoms with Crippen molar-refractivity contribution < 1.29 is 23.5 Å². The van der Waals surface area contributed by atoms with Gasteiger partial charge in [-0.2, -0.15) is 0 Å². The maximum atomic E-state index is 14.4. The number of rotatable bonds is 6. The van der Waals surface area contributed by atoms with Gasteiger partial charge in [0.15, 0.2) is 6.10 Å². The van der Waals surface area contributed by atoms with Crippen molar-refractivity contribution in [3.05, 3.63) is 59.9 Å². The summed E-state index contributed by atoms with van der Waals surface area (Å²) in [7, 11) is 1.51. The Morgan fingerprint density at radius 1 is 1.07 bits per heavy atom. The lowest BCUT2D eigenvalue weighted by molar-refractivity contribution is -0.159. The van der Waals surface area contributed by atoms with E-state index in [0.29, 0.717) is 29.8 Å². The second kappa shape index (κ2) is 8.42. The van der Waals surface area contributed by atoms with E-state index >= 15 is 0 Å². The molecular weight excluding hydrogens is 361 g/mol. The molecule has 2 aromatic rings. The molecule has 0 bridgehead atoms. The third kappa shape index (κ3) is 3.86. The van der Waals surface area contributed by atoms with Crippen molar-refractivity contribution in [3.63, 3.8) is 0 Å². The molecule has 0 saturated heterocycles. The van der Waals surface area contributed by atoms with E-state index in [1.54, 1.807) is 42.5 Å². The van der Waals surface area contributed by atoms with Crippen LogP contribution in [0.5, 0.6) is 5.75 Å². The number of benzene rings is 2. The molecule has 2 aromatic carbocycles. The van der Waals surface area contributed by atoms with Gasteiger partial charge in [-0.25, -0.2) is 4.39 Å². The average Bonchev–Trinajstić information content (AvgIpc) is 3.19. The first-order chi connectivity index (χ1) is 13.5. The molecule has 0 radical (unpaired) electrons. The van der Waals surface area contributed by atoms with Crippen LogP contribution in [0.2, 0.25) is 0 Å². The second-order valence-corrected chi connectivity index (χ2v) is 7.01. The predicted octanol–water partition coefficient (Wildman–Crippen LogP) is 4.22. The highest BCUT2D eigenvalue weighted by atomic mass is 19.1. The Morgan fingerprint density at radius 2 is 1.71 bits per heavy atom. The number of amides is 1. The molecule has 1 saturated carbocycles. The molecule has 1 aliphatic rings. The zero-order valence-corrected chi connectivity index (χ0v) is 16.0. The van der Waals surface area contributed by atoms with Crippen molar-refractivity contribution in [3.8, 4) is 5.75 Å². The highest BCUT2D eigenvalue weighted by molar-refractivity contribution is 5.97. The van der Waals surface area contributed by atoms with Gasteiger partial charge in [-0.3, -0.25) is 9.59 Å². The Morgan fingerprint density at radius 3 is 2.39 bits per heavy atom.